The standard InChI is InChI=1S/C13H16N2O5/c1-3-20-11(16)8-14-13(19)15(2)10-7-5-4-6-9(10)12(17)18/h4-7H,3,8H2,1-2H3,(H,14,19)(H,17,18). The van der Waals surface area contributed by atoms with Crippen LogP contribution in [-0.2, 0) is 9.53 Å². The van der Waals surface area contributed by atoms with Gasteiger partial charge < -0.3 is 15.2 Å². The van der Waals surface area contributed by atoms with E-state index in [1.807, 2.05) is 0 Å². The molecule has 0 aliphatic rings. The molecule has 0 fully saturated rings. The van der Waals surface area contributed by atoms with E-state index in [0.717, 1.165) is 4.90 Å². The van der Waals surface area contributed by atoms with E-state index < -0.39 is 18.0 Å². The van der Waals surface area contributed by atoms with Crippen molar-refractivity contribution in [3.63, 3.8) is 0 Å². The fraction of sp³-hybridized carbons (Fsp3) is 0.308. The van der Waals surface area contributed by atoms with Crippen molar-refractivity contribution in [1.29, 1.82) is 0 Å². The van der Waals surface area contributed by atoms with Crippen molar-refractivity contribution in [2.45, 2.75) is 6.92 Å². The van der Waals surface area contributed by atoms with Gasteiger partial charge in [-0.25, -0.2) is 9.59 Å². The average Bonchev–Trinajstić information content (AvgIpc) is 2.44. The van der Waals surface area contributed by atoms with Crippen molar-refractivity contribution in [2.24, 2.45) is 0 Å². The maximum Gasteiger partial charge on any atom is 0.337 e. The quantitative estimate of drug-likeness (QED) is 0.787. The van der Waals surface area contributed by atoms with Crippen molar-refractivity contribution in [2.75, 3.05) is 25.1 Å². The summed E-state index contributed by atoms with van der Waals surface area (Å²) in [6.07, 6.45) is 0. The van der Waals surface area contributed by atoms with Gasteiger partial charge in [-0.3, -0.25) is 9.69 Å². The highest BCUT2D eigenvalue weighted by atomic mass is 16.5. The molecule has 2 N–H and O–H groups in total. The van der Waals surface area contributed by atoms with Crippen molar-refractivity contribution in [1.82, 2.24) is 5.32 Å². The van der Waals surface area contributed by atoms with E-state index in [-0.39, 0.29) is 24.4 Å². The van der Waals surface area contributed by atoms with Crippen LogP contribution in [0.1, 0.15) is 17.3 Å². The molecule has 0 radical (unpaired) electrons. The molecule has 1 aromatic rings. The van der Waals surface area contributed by atoms with Crippen LogP contribution in [0.4, 0.5) is 10.5 Å². The number of carbonyl (C=O) groups is 3. The van der Waals surface area contributed by atoms with E-state index in [1.54, 1.807) is 19.1 Å². The molecular formula is C13H16N2O5. The van der Waals surface area contributed by atoms with Crippen molar-refractivity contribution >= 4 is 23.7 Å². The summed E-state index contributed by atoms with van der Waals surface area (Å²) in [6.45, 7) is 1.62. The van der Waals surface area contributed by atoms with E-state index in [2.05, 4.69) is 10.1 Å². The predicted octanol–water partition coefficient (Wildman–Crippen LogP) is 1.09. The lowest BCUT2D eigenvalue weighted by atomic mass is 10.1. The van der Waals surface area contributed by atoms with Gasteiger partial charge in [0.15, 0.2) is 0 Å². The van der Waals surface area contributed by atoms with Gasteiger partial charge in [0.25, 0.3) is 0 Å². The maximum absolute atomic E-state index is 11.8. The second kappa shape index (κ2) is 7.13. The van der Waals surface area contributed by atoms with Crippen LogP contribution in [0.2, 0.25) is 0 Å². The Balaban J connectivity index is 2.75. The molecule has 0 saturated carbocycles. The Morgan fingerprint density at radius 2 is 1.95 bits per heavy atom. The van der Waals surface area contributed by atoms with Crippen molar-refractivity contribution < 1.29 is 24.2 Å². The van der Waals surface area contributed by atoms with Gasteiger partial charge in [0.1, 0.15) is 6.54 Å². The van der Waals surface area contributed by atoms with E-state index >= 15 is 0 Å². The molecule has 108 valence electrons. The molecule has 0 aliphatic carbocycles. The molecule has 0 saturated heterocycles. The largest absolute Gasteiger partial charge is 0.478 e. The molecule has 0 atom stereocenters. The number of esters is 1. The van der Waals surface area contributed by atoms with E-state index in [4.69, 9.17) is 5.11 Å². The summed E-state index contributed by atoms with van der Waals surface area (Å²) >= 11 is 0. The van der Waals surface area contributed by atoms with Gasteiger partial charge in [-0.2, -0.15) is 0 Å². The second-order valence-corrected chi connectivity index (χ2v) is 3.85. The summed E-state index contributed by atoms with van der Waals surface area (Å²) in [5.41, 5.74) is 0.239. The summed E-state index contributed by atoms with van der Waals surface area (Å²) in [4.78, 5) is 35.2. The van der Waals surface area contributed by atoms with Crippen molar-refractivity contribution in [3.05, 3.63) is 29.8 Å². The molecule has 7 nitrogen and oxygen atoms in total. The van der Waals surface area contributed by atoms with Crippen LogP contribution in [0.3, 0.4) is 0 Å². The van der Waals surface area contributed by atoms with Gasteiger partial charge in [0.05, 0.1) is 17.9 Å². The molecule has 0 heterocycles. The third-order valence-corrected chi connectivity index (χ3v) is 2.49. The first kappa shape index (κ1) is 15.5. The molecule has 0 spiro atoms. The van der Waals surface area contributed by atoms with Crippen LogP contribution in [0.25, 0.3) is 0 Å². The number of benzene rings is 1. The summed E-state index contributed by atoms with van der Waals surface area (Å²) < 4.78 is 4.67. The van der Waals surface area contributed by atoms with Crippen LogP contribution in [-0.4, -0.2) is 43.3 Å². The number of ether oxygens (including phenoxy) is 1. The van der Waals surface area contributed by atoms with Crippen LogP contribution in [0.15, 0.2) is 24.3 Å². The molecule has 0 unspecified atom stereocenters. The van der Waals surface area contributed by atoms with Crippen LogP contribution in [0.5, 0.6) is 0 Å². The number of carboxylic acids is 1. The molecule has 7 heteroatoms. The normalized spacial score (nSPS) is 9.70. The van der Waals surface area contributed by atoms with Gasteiger partial charge in [-0.15, -0.1) is 0 Å². The third kappa shape index (κ3) is 3.98. The Kier molecular flexibility index (Phi) is 5.52. The molecule has 1 aromatic carbocycles. The fourth-order valence-electron chi connectivity index (χ4n) is 1.53. The number of hydrogen-bond acceptors (Lipinski definition) is 4. The highest BCUT2D eigenvalue weighted by Crippen LogP contribution is 2.18. The molecule has 0 bridgehead atoms. The third-order valence-electron chi connectivity index (χ3n) is 2.49. The number of urea groups is 1. The number of nitrogens with zero attached hydrogens (tertiary/aromatic N) is 1. The summed E-state index contributed by atoms with van der Waals surface area (Å²) in [5, 5.41) is 11.4. The van der Waals surface area contributed by atoms with E-state index in [0.29, 0.717) is 0 Å². The van der Waals surface area contributed by atoms with Gasteiger partial charge in [0, 0.05) is 7.05 Å². The molecular weight excluding hydrogens is 264 g/mol. The Hall–Kier alpha value is -2.57. The summed E-state index contributed by atoms with van der Waals surface area (Å²) in [5.74, 6) is -1.69. The number of para-hydroxylation sites is 1. The number of hydrogen-bond donors (Lipinski definition) is 2. The smallest absolute Gasteiger partial charge is 0.337 e. The Morgan fingerprint density at radius 1 is 1.30 bits per heavy atom. The van der Waals surface area contributed by atoms with Crippen molar-refractivity contribution in [3.8, 4) is 0 Å². The average molecular weight is 280 g/mol. The highest BCUT2D eigenvalue weighted by Gasteiger charge is 2.18. The summed E-state index contributed by atoms with van der Waals surface area (Å²) in [6, 6.07) is 5.50. The molecule has 0 aliphatic heterocycles. The summed E-state index contributed by atoms with van der Waals surface area (Å²) in [7, 11) is 1.42. The number of carbonyl (C=O) groups excluding carboxylic acids is 2. The number of nitrogens with one attached hydrogen (secondary N) is 1. The number of amides is 2. The minimum absolute atomic E-state index is 0.00119. The first-order valence-corrected chi connectivity index (χ1v) is 5.96. The lowest BCUT2D eigenvalue weighted by molar-refractivity contribution is -0.141. The monoisotopic (exact) mass is 280 g/mol. The van der Waals surface area contributed by atoms with Crippen LogP contribution in [0, 0.1) is 0 Å². The second-order valence-electron chi connectivity index (χ2n) is 3.85. The molecule has 1 rings (SSSR count). The lowest BCUT2D eigenvalue weighted by Gasteiger charge is -2.19. The Bertz CT molecular complexity index is 515. The first-order chi connectivity index (χ1) is 9.47. The van der Waals surface area contributed by atoms with Crippen LogP contribution >= 0.6 is 0 Å². The Morgan fingerprint density at radius 3 is 2.55 bits per heavy atom. The number of carboxylic acid groups (broad SMARTS) is 1. The maximum atomic E-state index is 11.8. The molecule has 0 aromatic heterocycles. The van der Waals surface area contributed by atoms with E-state index in [1.165, 1.54) is 19.2 Å². The minimum atomic E-state index is -1.13. The molecule has 20 heavy (non-hydrogen) atoms. The Labute approximate surface area is 116 Å². The van der Waals surface area contributed by atoms with Crippen LogP contribution < -0.4 is 10.2 Å². The van der Waals surface area contributed by atoms with Gasteiger partial charge in [-0.05, 0) is 19.1 Å². The predicted molar refractivity (Wildman–Crippen MR) is 71.8 cm³/mol. The number of aromatic carboxylic acids is 1. The zero-order valence-electron chi connectivity index (χ0n) is 11.3. The van der Waals surface area contributed by atoms with Gasteiger partial charge in [-0.1, -0.05) is 12.1 Å². The number of rotatable bonds is 5. The zero-order chi connectivity index (χ0) is 15.1. The number of anilines is 1. The lowest BCUT2D eigenvalue weighted by Crippen LogP contribution is -2.40. The highest BCUT2D eigenvalue weighted by molar-refractivity contribution is 6.01. The molecule has 2 amide bonds. The fourth-order valence-corrected chi connectivity index (χ4v) is 1.53. The minimum Gasteiger partial charge on any atom is -0.478 e. The first-order valence-electron chi connectivity index (χ1n) is 5.96. The van der Waals surface area contributed by atoms with Gasteiger partial charge in [0.2, 0.25) is 0 Å². The van der Waals surface area contributed by atoms with E-state index in [9.17, 15) is 14.4 Å². The topological polar surface area (TPSA) is 95.9 Å². The zero-order valence-corrected chi connectivity index (χ0v) is 11.3. The SMILES string of the molecule is CCOC(=O)CNC(=O)N(C)c1ccccc1C(=O)O. The van der Waals surface area contributed by atoms with Gasteiger partial charge >= 0.3 is 18.0 Å².